The summed E-state index contributed by atoms with van der Waals surface area (Å²) in [5.41, 5.74) is -2.70. The molecule has 2 aromatic rings. The smallest absolute Gasteiger partial charge is 0.416 e. The van der Waals surface area contributed by atoms with Gasteiger partial charge in [0.05, 0.1) is 27.6 Å². The van der Waals surface area contributed by atoms with Crippen LogP contribution < -0.4 is 4.31 Å². The number of rotatable bonds is 7. The normalized spacial score (nSPS) is 11.9. The van der Waals surface area contributed by atoms with Crippen molar-refractivity contribution in [2.75, 3.05) is 10.8 Å². The van der Waals surface area contributed by atoms with Crippen LogP contribution in [0.3, 0.4) is 0 Å². The molecule has 0 bridgehead atoms. The van der Waals surface area contributed by atoms with Crippen LogP contribution in [0, 0.1) is 10.1 Å². The van der Waals surface area contributed by atoms with Crippen LogP contribution in [0.2, 0.25) is 5.02 Å². The number of nitrogens with zero attached hydrogens (tertiary/aromatic N) is 2. The van der Waals surface area contributed by atoms with Gasteiger partial charge in [0.1, 0.15) is 0 Å². The van der Waals surface area contributed by atoms with Crippen LogP contribution >= 0.6 is 11.6 Å². The highest BCUT2D eigenvalue weighted by atomic mass is 35.5. The Bertz CT molecular complexity index is 1060. The summed E-state index contributed by atoms with van der Waals surface area (Å²) in [4.78, 5) is 20.3. The Hall–Kier alpha value is -2.86. The van der Waals surface area contributed by atoms with Crippen molar-refractivity contribution in [1.29, 1.82) is 0 Å². The van der Waals surface area contributed by atoms with E-state index in [0.29, 0.717) is 16.4 Å². The Labute approximate surface area is 167 Å². The number of halogens is 4. The zero-order valence-electron chi connectivity index (χ0n) is 14.3. The van der Waals surface area contributed by atoms with Crippen LogP contribution in [0.1, 0.15) is 12.0 Å². The number of nitro groups is 1. The van der Waals surface area contributed by atoms with E-state index in [4.69, 9.17) is 16.7 Å². The third-order valence-electron chi connectivity index (χ3n) is 3.70. The molecule has 13 heteroatoms. The molecule has 0 amide bonds. The molecule has 0 spiro atoms. The van der Waals surface area contributed by atoms with Gasteiger partial charge in [-0.1, -0.05) is 23.7 Å². The average molecular weight is 453 g/mol. The lowest BCUT2D eigenvalue weighted by Crippen LogP contribution is -2.34. The fourth-order valence-corrected chi connectivity index (χ4v) is 4.30. The molecule has 0 heterocycles. The molecule has 0 aromatic heterocycles. The number of alkyl halides is 3. The summed E-state index contributed by atoms with van der Waals surface area (Å²) < 4.78 is 65.7. The largest absolute Gasteiger partial charge is 0.481 e. The van der Waals surface area contributed by atoms with Crippen LogP contribution in [0.15, 0.2) is 47.4 Å². The lowest BCUT2D eigenvalue weighted by atomic mass is 10.2. The van der Waals surface area contributed by atoms with Gasteiger partial charge < -0.3 is 5.11 Å². The number of nitro benzene ring substituents is 1. The number of carbonyl (C=O) groups is 1. The van der Waals surface area contributed by atoms with E-state index in [1.54, 1.807) is 0 Å². The van der Waals surface area contributed by atoms with Crippen LogP contribution in [-0.2, 0) is 21.0 Å². The first kappa shape index (κ1) is 22.4. The van der Waals surface area contributed by atoms with Gasteiger partial charge in [-0.05, 0) is 24.3 Å². The van der Waals surface area contributed by atoms with Gasteiger partial charge in [-0.15, -0.1) is 0 Å². The van der Waals surface area contributed by atoms with Crippen molar-refractivity contribution < 1.29 is 36.4 Å². The highest BCUT2D eigenvalue weighted by Gasteiger charge is 2.36. The van der Waals surface area contributed by atoms with E-state index in [9.17, 15) is 36.5 Å². The molecular formula is C16H12ClF3N2O6S. The van der Waals surface area contributed by atoms with E-state index in [2.05, 4.69) is 0 Å². The van der Waals surface area contributed by atoms with Crippen molar-refractivity contribution in [1.82, 2.24) is 0 Å². The van der Waals surface area contributed by atoms with Crippen LogP contribution in [-0.4, -0.2) is 31.0 Å². The van der Waals surface area contributed by atoms with E-state index >= 15 is 0 Å². The molecule has 0 radical (unpaired) electrons. The number of para-hydroxylation sites is 1. The Morgan fingerprint density at radius 3 is 2.38 bits per heavy atom. The molecule has 156 valence electrons. The van der Waals surface area contributed by atoms with Crippen LogP contribution in [0.4, 0.5) is 24.5 Å². The topological polar surface area (TPSA) is 118 Å². The first-order valence-electron chi connectivity index (χ1n) is 7.70. The first-order valence-corrected chi connectivity index (χ1v) is 9.52. The van der Waals surface area contributed by atoms with Gasteiger partial charge in [-0.25, -0.2) is 8.42 Å². The van der Waals surface area contributed by atoms with E-state index in [0.717, 1.165) is 18.2 Å². The molecule has 8 nitrogen and oxygen atoms in total. The molecular weight excluding hydrogens is 441 g/mol. The number of aliphatic carboxylic acids is 1. The molecule has 0 aliphatic heterocycles. The summed E-state index contributed by atoms with van der Waals surface area (Å²) >= 11 is 5.90. The molecule has 29 heavy (non-hydrogen) atoms. The van der Waals surface area contributed by atoms with Crippen molar-refractivity contribution in [2.45, 2.75) is 17.5 Å². The maximum Gasteiger partial charge on any atom is 0.416 e. The number of hydrogen-bond donors (Lipinski definition) is 1. The summed E-state index contributed by atoms with van der Waals surface area (Å²) in [6.07, 6.45) is -5.62. The fraction of sp³-hybridized carbons (Fsp3) is 0.188. The van der Waals surface area contributed by atoms with Gasteiger partial charge in [0.2, 0.25) is 0 Å². The Morgan fingerprint density at radius 1 is 1.21 bits per heavy atom. The summed E-state index contributed by atoms with van der Waals surface area (Å²) in [6.45, 7) is -0.801. The lowest BCUT2D eigenvalue weighted by Gasteiger charge is -2.25. The highest BCUT2D eigenvalue weighted by Crippen LogP contribution is 2.38. The van der Waals surface area contributed by atoms with E-state index < -0.39 is 66.9 Å². The monoisotopic (exact) mass is 452 g/mol. The molecule has 0 aliphatic rings. The maximum absolute atomic E-state index is 13.1. The molecule has 0 fully saturated rings. The second kappa shape index (κ2) is 8.25. The summed E-state index contributed by atoms with van der Waals surface area (Å²) in [5, 5.41) is 19.7. The summed E-state index contributed by atoms with van der Waals surface area (Å²) in [5.74, 6) is -1.43. The molecule has 0 unspecified atom stereocenters. The SMILES string of the molecule is O=C(O)CCN(c1cc(C(F)(F)F)ccc1Cl)S(=O)(=O)c1ccccc1[N+](=O)[O-]. The van der Waals surface area contributed by atoms with Gasteiger partial charge in [0.25, 0.3) is 15.7 Å². The van der Waals surface area contributed by atoms with Crippen molar-refractivity contribution in [3.8, 4) is 0 Å². The second-order valence-corrected chi connectivity index (χ2v) is 7.85. The van der Waals surface area contributed by atoms with Crippen molar-refractivity contribution in [3.63, 3.8) is 0 Å². The van der Waals surface area contributed by atoms with Crippen molar-refractivity contribution in [2.24, 2.45) is 0 Å². The van der Waals surface area contributed by atoms with Gasteiger partial charge in [0.15, 0.2) is 4.90 Å². The Morgan fingerprint density at radius 2 is 1.83 bits per heavy atom. The number of sulfonamides is 1. The summed E-state index contributed by atoms with van der Waals surface area (Å²) in [7, 11) is -4.83. The number of carboxylic acid groups (broad SMARTS) is 1. The quantitative estimate of drug-likeness (QED) is 0.502. The molecule has 2 aromatic carbocycles. The molecule has 0 saturated heterocycles. The standard InChI is InChI=1S/C16H12ClF3N2O6S/c17-11-6-5-10(16(18,19)20)9-13(11)21(8-7-15(23)24)29(27,28)14-4-2-1-3-12(14)22(25)26/h1-6,9H,7-8H2,(H,23,24). The second-order valence-electron chi connectivity index (χ2n) is 5.61. The van der Waals surface area contributed by atoms with Gasteiger partial charge in [-0.3, -0.25) is 19.2 Å². The van der Waals surface area contributed by atoms with Crippen molar-refractivity contribution in [3.05, 3.63) is 63.2 Å². The van der Waals surface area contributed by atoms with Gasteiger partial charge >= 0.3 is 12.1 Å². The highest BCUT2D eigenvalue weighted by molar-refractivity contribution is 7.93. The Kier molecular flexibility index (Phi) is 6.38. The fourth-order valence-electron chi connectivity index (χ4n) is 2.39. The van der Waals surface area contributed by atoms with Gasteiger partial charge in [0, 0.05) is 12.6 Å². The Balaban J connectivity index is 2.72. The molecule has 2 rings (SSSR count). The maximum atomic E-state index is 13.1. The number of hydrogen-bond acceptors (Lipinski definition) is 5. The van der Waals surface area contributed by atoms with E-state index in [-0.39, 0.29) is 0 Å². The molecule has 0 aliphatic carbocycles. The van der Waals surface area contributed by atoms with Crippen LogP contribution in [0.25, 0.3) is 0 Å². The minimum absolute atomic E-state index is 0.320. The zero-order valence-corrected chi connectivity index (χ0v) is 15.8. The third-order valence-corrected chi connectivity index (χ3v) is 5.88. The van der Waals surface area contributed by atoms with E-state index in [1.165, 1.54) is 12.1 Å². The predicted molar refractivity (Wildman–Crippen MR) is 96.3 cm³/mol. The average Bonchev–Trinajstić information content (AvgIpc) is 2.61. The predicted octanol–water partition coefficient (Wildman–Crippen LogP) is 3.94. The van der Waals surface area contributed by atoms with E-state index in [1.807, 2.05) is 0 Å². The lowest BCUT2D eigenvalue weighted by molar-refractivity contribution is -0.387. The number of benzene rings is 2. The first-order chi connectivity index (χ1) is 13.4. The molecule has 1 N–H and O–H groups in total. The molecule has 0 saturated carbocycles. The van der Waals surface area contributed by atoms with Gasteiger partial charge in [-0.2, -0.15) is 13.2 Å². The summed E-state index contributed by atoms with van der Waals surface area (Å²) in [6, 6.07) is 6.05. The minimum Gasteiger partial charge on any atom is -0.481 e. The number of anilines is 1. The molecule has 0 atom stereocenters. The third kappa shape index (κ3) is 4.95. The van der Waals surface area contributed by atoms with Crippen molar-refractivity contribution >= 4 is 39.0 Å². The zero-order chi connectivity index (χ0) is 22.0. The number of carboxylic acids is 1. The van der Waals surface area contributed by atoms with Crippen LogP contribution in [0.5, 0.6) is 0 Å². The minimum atomic E-state index is -4.83.